The lowest BCUT2D eigenvalue weighted by Crippen LogP contribution is -2.24. The third-order valence-corrected chi connectivity index (χ3v) is 1.97. The second-order valence-corrected chi connectivity index (χ2v) is 3.02. The van der Waals surface area contributed by atoms with Crippen molar-refractivity contribution >= 4 is 5.97 Å². The second-order valence-electron chi connectivity index (χ2n) is 3.02. The van der Waals surface area contributed by atoms with Gasteiger partial charge in [0.1, 0.15) is 0 Å². The van der Waals surface area contributed by atoms with Crippen LogP contribution in [0.5, 0.6) is 0 Å². The van der Waals surface area contributed by atoms with Crippen molar-refractivity contribution in [2.24, 2.45) is 0 Å². The van der Waals surface area contributed by atoms with E-state index in [-0.39, 0.29) is 6.42 Å². The Morgan fingerprint density at radius 2 is 2.13 bits per heavy atom. The van der Waals surface area contributed by atoms with Gasteiger partial charge in [0, 0.05) is 13.5 Å². The zero-order valence-corrected chi connectivity index (χ0v) is 8.04. The molecule has 0 bridgehead atoms. The minimum absolute atomic E-state index is 0.00301. The predicted molar refractivity (Wildman–Crippen MR) is 48.5 cm³/mol. The van der Waals surface area contributed by atoms with Gasteiger partial charge in [-0.1, -0.05) is 6.07 Å². The number of methoxy groups -OCH3 is 1. The van der Waals surface area contributed by atoms with Crippen LogP contribution in [0.1, 0.15) is 5.56 Å². The Morgan fingerprint density at radius 1 is 1.47 bits per heavy atom. The Kier molecular flexibility index (Phi) is 3.74. The summed E-state index contributed by atoms with van der Waals surface area (Å²) in [7, 11) is 1.25. The van der Waals surface area contributed by atoms with Gasteiger partial charge in [-0.15, -0.1) is 0 Å². The Balaban J connectivity index is 2.80. The molecule has 0 aromatic heterocycles. The van der Waals surface area contributed by atoms with E-state index in [1.165, 1.54) is 13.2 Å². The van der Waals surface area contributed by atoms with E-state index < -0.39 is 23.7 Å². The number of carboxylic acids is 1. The topological polar surface area (TPSA) is 46.5 Å². The summed E-state index contributed by atoms with van der Waals surface area (Å²) in [5.74, 6) is -3.09. The zero-order chi connectivity index (χ0) is 11.4. The molecule has 82 valence electrons. The molecule has 3 nitrogen and oxygen atoms in total. The molecule has 0 aliphatic carbocycles. The Hall–Kier alpha value is -1.49. The minimum atomic E-state index is -1.14. The molecule has 0 saturated heterocycles. The number of halogens is 2. The molecule has 0 aliphatic rings. The molecular formula is C10H10F2O3. The van der Waals surface area contributed by atoms with Gasteiger partial charge in [0.25, 0.3) is 0 Å². The van der Waals surface area contributed by atoms with Crippen LogP contribution in [-0.2, 0) is 16.0 Å². The van der Waals surface area contributed by atoms with Gasteiger partial charge in [0.15, 0.2) is 17.7 Å². The number of ether oxygens (including phenoxy) is 1. The Bertz CT molecular complexity index is 366. The molecule has 0 spiro atoms. The van der Waals surface area contributed by atoms with Crippen LogP contribution in [-0.4, -0.2) is 24.3 Å². The van der Waals surface area contributed by atoms with E-state index in [0.717, 1.165) is 12.1 Å². The molecule has 1 rings (SSSR count). The van der Waals surface area contributed by atoms with Crippen molar-refractivity contribution in [2.75, 3.05) is 7.11 Å². The molecule has 0 aliphatic heterocycles. The first-order valence-electron chi connectivity index (χ1n) is 4.24. The van der Waals surface area contributed by atoms with Crippen LogP contribution in [0.25, 0.3) is 0 Å². The van der Waals surface area contributed by atoms with Gasteiger partial charge in [-0.05, 0) is 17.7 Å². The van der Waals surface area contributed by atoms with Gasteiger partial charge in [-0.25, -0.2) is 13.6 Å². The molecule has 0 fully saturated rings. The highest BCUT2D eigenvalue weighted by Gasteiger charge is 2.17. The fraction of sp³-hybridized carbons (Fsp3) is 0.300. The van der Waals surface area contributed by atoms with Crippen LogP contribution in [0.4, 0.5) is 8.78 Å². The number of carboxylic acid groups (broad SMARTS) is 1. The molecule has 1 aromatic carbocycles. The summed E-state index contributed by atoms with van der Waals surface area (Å²) in [6.07, 6.45) is -1.04. The molecule has 5 heteroatoms. The van der Waals surface area contributed by atoms with Crippen LogP contribution < -0.4 is 0 Å². The molecule has 15 heavy (non-hydrogen) atoms. The van der Waals surface area contributed by atoms with Crippen molar-refractivity contribution in [1.82, 2.24) is 0 Å². The van der Waals surface area contributed by atoms with Gasteiger partial charge < -0.3 is 9.84 Å². The van der Waals surface area contributed by atoms with Crippen molar-refractivity contribution in [3.8, 4) is 0 Å². The maximum Gasteiger partial charge on any atom is 0.333 e. The molecule has 0 radical (unpaired) electrons. The number of carbonyl (C=O) groups is 1. The summed E-state index contributed by atoms with van der Waals surface area (Å²) in [5, 5.41) is 8.67. The summed E-state index contributed by atoms with van der Waals surface area (Å²) in [5.41, 5.74) is 0.378. The van der Waals surface area contributed by atoms with Crippen LogP contribution in [0.3, 0.4) is 0 Å². The lowest BCUT2D eigenvalue weighted by Gasteiger charge is -2.10. The van der Waals surface area contributed by atoms with E-state index in [1.54, 1.807) is 0 Å². The van der Waals surface area contributed by atoms with Crippen molar-refractivity contribution < 1.29 is 23.4 Å². The van der Waals surface area contributed by atoms with E-state index in [0.29, 0.717) is 5.56 Å². The highest BCUT2D eigenvalue weighted by molar-refractivity contribution is 5.72. The van der Waals surface area contributed by atoms with Gasteiger partial charge in [-0.3, -0.25) is 0 Å². The average molecular weight is 216 g/mol. The SMILES string of the molecule is COC(Cc1ccc(F)c(F)c1)C(=O)O. The number of benzene rings is 1. The second kappa shape index (κ2) is 4.84. The summed E-state index contributed by atoms with van der Waals surface area (Å²) < 4.78 is 30.0. The lowest BCUT2D eigenvalue weighted by atomic mass is 10.1. The normalized spacial score (nSPS) is 12.5. The number of aliphatic carboxylic acids is 1. The largest absolute Gasteiger partial charge is 0.479 e. The third kappa shape index (κ3) is 2.99. The first-order valence-corrected chi connectivity index (χ1v) is 4.24. The zero-order valence-electron chi connectivity index (χ0n) is 8.04. The van der Waals surface area contributed by atoms with Gasteiger partial charge in [0.2, 0.25) is 0 Å². The molecule has 0 heterocycles. The van der Waals surface area contributed by atoms with Gasteiger partial charge in [0.05, 0.1) is 0 Å². The summed E-state index contributed by atoms with van der Waals surface area (Å²) in [6, 6.07) is 3.25. The highest BCUT2D eigenvalue weighted by Crippen LogP contribution is 2.11. The first kappa shape index (κ1) is 11.6. The van der Waals surface area contributed by atoms with Gasteiger partial charge >= 0.3 is 5.97 Å². The summed E-state index contributed by atoms with van der Waals surface area (Å²) >= 11 is 0. The van der Waals surface area contributed by atoms with E-state index >= 15 is 0 Å². The highest BCUT2D eigenvalue weighted by atomic mass is 19.2. The number of hydrogen-bond donors (Lipinski definition) is 1. The molecule has 1 atom stereocenters. The number of hydrogen-bond acceptors (Lipinski definition) is 2. The lowest BCUT2D eigenvalue weighted by molar-refractivity contribution is -0.148. The van der Waals surface area contributed by atoms with E-state index in [1.807, 2.05) is 0 Å². The quantitative estimate of drug-likeness (QED) is 0.831. The monoisotopic (exact) mass is 216 g/mol. The molecule has 1 unspecified atom stereocenters. The molecular weight excluding hydrogens is 206 g/mol. The van der Waals surface area contributed by atoms with Crippen LogP contribution in [0.2, 0.25) is 0 Å². The van der Waals surface area contributed by atoms with Crippen LogP contribution in [0, 0.1) is 11.6 Å². The molecule has 0 amide bonds. The minimum Gasteiger partial charge on any atom is -0.479 e. The van der Waals surface area contributed by atoms with Crippen LogP contribution in [0.15, 0.2) is 18.2 Å². The molecule has 0 saturated carbocycles. The number of rotatable bonds is 4. The van der Waals surface area contributed by atoms with Gasteiger partial charge in [-0.2, -0.15) is 0 Å². The average Bonchev–Trinajstić information content (AvgIpc) is 2.19. The fourth-order valence-corrected chi connectivity index (χ4v) is 1.15. The molecule has 1 aromatic rings. The maximum absolute atomic E-state index is 12.8. The third-order valence-electron chi connectivity index (χ3n) is 1.97. The first-order chi connectivity index (χ1) is 7.04. The van der Waals surface area contributed by atoms with Crippen molar-refractivity contribution in [3.63, 3.8) is 0 Å². The van der Waals surface area contributed by atoms with Crippen LogP contribution >= 0.6 is 0 Å². The summed E-state index contributed by atoms with van der Waals surface area (Å²) in [4.78, 5) is 10.6. The maximum atomic E-state index is 12.8. The summed E-state index contributed by atoms with van der Waals surface area (Å²) in [6.45, 7) is 0. The van der Waals surface area contributed by atoms with Crippen molar-refractivity contribution in [2.45, 2.75) is 12.5 Å². The Labute approximate surface area is 85.3 Å². The van der Waals surface area contributed by atoms with E-state index in [9.17, 15) is 13.6 Å². The smallest absolute Gasteiger partial charge is 0.333 e. The van der Waals surface area contributed by atoms with E-state index in [4.69, 9.17) is 5.11 Å². The Morgan fingerprint density at radius 3 is 2.60 bits per heavy atom. The molecule has 1 N–H and O–H groups in total. The fourth-order valence-electron chi connectivity index (χ4n) is 1.15. The van der Waals surface area contributed by atoms with E-state index in [2.05, 4.69) is 4.74 Å². The predicted octanol–water partition coefficient (Wildman–Crippen LogP) is 1.61. The van der Waals surface area contributed by atoms with Crippen molar-refractivity contribution in [1.29, 1.82) is 0 Å². The standard InChI is InChI=1S/C10H10F2O3/c1-15-9(10(13)14)5-6-2-3-7(11)8(12)4-6/h2-4,9H,5H2,1H3,(H,13,14). The van der Waals surface area contributed by atoms with Crippen molar-refractivity contribution in [3.05, 3.63) is 35.4 Å².